The maximum atomic E-state index is 10.2. The number of aliphatic carboxylic acids is 1. The number of unbranched alkanes of at least 4 members (excludes halogenated alkanes) is 1. The van der Waals surface area contributed by atoms with E-state index in [1.165, 1.54) is 0 Å². The second kappa shape index (κ2) is 25.4. The molecule has 0 saturated carbocycles. The minimum atomic E-state index is -0.965. The summed E-state index contributed by atoms with van der Waals surface area (Å²) in [6.45, 7) is 2.90. The predicted octanol–water partition coefficient (Wildman–Crippen LogP) is 1.92. The van der Waals surface area contributed by atoms with Gasteiger partial charge < -0.3 is 21.4 Å². The fourth-order valence-corrected chi connectivity index (χ4v) is 2.04. The fraction of sp³-hybridized carbons (Fsp3) is 0.500. The van der Waals surface area contributed by atoms with E-state index in [4.69, 9.17) is 11.5 Å². The van der Waals surface area contributed by atoms with Gasteiger partial charge in [-0.1, -0.05) is 67.7 Å². The van der Waals surface area contributed by atoms with Crippen molar-refractivity contribution in [1.29, 1.82) is 0 Å². The maximum Gasteiger partial charge on any atom is 0.244 e. The molecule has 0 saturated heterocycles. The number of carbonyl (C=O) groups is 1. The van der Waals surface area contributed by atoms with E-state index in [0.717, 1.165) is 45.2 Å². The molecule has 7 heteroatoms. The zero-order valence-electron chi connectivity index (χ0n) is 19.6. The van der Waals surface area contributed by atoms with Crippen LogP contribution in [0.4, 0.5) is 0 Å². The van der Waals surface area contributed by atoms with E-state index >= 15 is 0 Å². The molecular formula is C24H43N5O2. The summed E-state index contributed by atoms with van der Waals surface area (Å²) in [6.07, 6.45) is 28.1. The molecule has 0 spiro atoms. The molecule has 0 aliphatic heterocycles. The van der Waals surface area contributed by atoms with Crippen LogP contribution >= 0.6 is 0 Å². The monoisotopic (exact) mass is 433 g/mol. The third-order valence-electron chi connectivity index (χ3n) is 3.60. The van der Waals surface area contributed by atoms with Crippen molar-refractivity contribution in [2.75, 3.05) is 20.8 Å². The van der Waals surface area contributed by atoms with Crippen LogP contribution in [0.1, 0.15) is 58.3 Å². The Labute approximate surface area is 189 Å². The largest absolute Gasteiger partial charge is 0.550 e. The van der Waals surface area contributed by atoms with Crippen molar-refractivity contribution >= 4 is 11.9 Å². The van der Waals surface area contributed by atoms with E-state index in [-0.39, 0.29) is 12.4 Å². The highest BCUT2D eigenvalue weighted by atomic mass is 16.4. The number of carbonyl (C=O) groups excluding carboxylic acids is 1. The highest BCUT2D eigenvalue weighted by Crippen LogP contribution is 1.98. The molecule has 0 bridgehead atoms. The lowest BCUT2D eigenvalue weighted by Crippen LogP contribution is -2.82. The standard InChI is InChI=1S/C20H30O2.C4H13N5/c1-2-3-4-5-6-7-8-9-10-11-12-13-14-15-16-17-18-19-20(21)22;1-9(2)3-7-8-4(5)6/h3-4,6-7,9-10,12-13,15-16H,2,5,8,11,14,17-19H2,1H3,(H,21,22);7H,3H2,1-2H3,(H4,5,6,8)/b4-3-,7-6-,10-9-,13-12-,16-15-;. The van der Waals surface area contributed by atoms with Crippen molar-refractivity contribution in [1.82, 2.24) is 4.90 Å². The van der Waals surface area contributed by atoms with E-state index in [1.807, 2.05) is 25.1 Å². The van der Waals surface area contributed by atoms with Gasteiger partial charge in [-0.3, -0.25) is 4.90 Å². The Morgan fingerprint density at radius 1 is 0.871 bits per heavy atom. The first-order valence-electron chi connectivity index (χ1n) is 10.9. The Morgan fingerprint density at radius 3 is 1.71 bits per heavy atom. The SMILES string of the molecule is CC/C=C\C/C=C\C/C=C\C/C=C\C/C=C\CCCC(=O)[O-].CN(C)C[NH2+]N=C(N)N. The molecule has 0 atom stereocenters. The van der Waals surface area contributed by atoms with Gasteiger partial charge in [0.1, 0.15) is 0 Å². The lowest BCUT2D eigenvalue weighted by Gasteiger charge is -2.02. The molecule has 0 heterocycles. The van der Waals surface area contributed by atoms with Crippen molar-refractivity contribution in [3.05, 3.63) is 60.8 Å². The fourth-order valence-electron chi connectivity index (χ4n) is 2.04. The summed E-state index contributed by atoms with van der Waals surface area (Å²) >= 11 is 0. The molecule has 31 heavy (non-hydrogen) atoms. The minimum absolute atomic E-state index is 0.108. The van der Waals surface area contributed by atoms with Crippen LogP contribution < -0.4 is 22.0 Å². The number of hydrogen-bond acceptors (Lipinski definition) is 4. The van der Waals surface area contributed by atoms with Crippen LogP contribution in [0.25, 0.3) is 0 Å². The first-order valence-corrected chi connectivity index (χ1v) is 10.9. The van der Waals surface area contributed by atoms with Crippen molar-refractivity contribution in [3.8, 4) is 0 Å². The maximum absolute atomic E-state index is 10.2. The van der Waals surface area contributed by atoms with Gasteiger partial charge in [-0.05, 0) is 70.6 Å². The van der Waals surface area contributed by atoms with Gasteiger partial charge in [-0.25, -0.2) is 5.43 Å². The number of carboxylic acid groups (broad SMARTS) is 1. The summed E-state index contributed by atoms with van der Waals surface area (Å²) in [4.78, 5) is 12.2. The van der Waals surface area contributed by atoms with Crippen LogP contribution in [0.15, 0.2) is 65.9 Å². The van der Waals surface area contributed by atoms with Gasteiger partial charge in [0.25, 0.3) is 0 Å². The van der Waals surface area contributed by atoms with Crippen LogP contribution in [-0.4, -0.2) is 37.6 Å². The van der Waals surface area contributed by atoms with Crippen LogP contribution in [0, 0.1) is 0 Å². The average molecular weight is 434 g/mol. The van der Waals surface area contributed by atoms with Crippen LogP contribution in [0.5, 0.6) is 0 Å². The second-order valence-corrected chi connectivity index (χ2v) is 6.97. The van der Waals surface area contributed by atoms with Gasteiger partial charge in [-0.2, -0.15) is 0 Å². The first-order chi connectivity index (χ1) is 14.9. The Morgan fingerprint density at radius 2 is 1.32 bits per heavy atom. The van der Waals surface area contributed by atoms with Crippen LogP contribution in [0.2, 0.25) is 0 Å². The Hall–Kier alpha value is -2.64. The van der Waals surface area contributed by atoms with Crippen molar-refractivity contribution in [2.45, 2.75) is 58.3 Å². The van der Waals surface area contributed by atoms with Crippen molar-refractivity contribution < 1.29 is 15.3 Å². The molecule has 0 radical (unpaired) electrons. The quantitative estimate of drug-likeness (QED) is 0.0652. The van der Waals surface area contributed by atoms with E-state index in [1.54, 1.807) is 5.43 Å². The van der Waals surface area contributed by atoms with Crippen LogP contribution in [0.3, 0.4) is 0 Å². The lowest BCUT2D eigenvalue weighted by molar-refractivity contribution is -0.676. The number of rotatable bonds is 16. The second-order valence-electron chi connectivity index (χ2n) is 6.97. The average Bonchev–Trinajstić information content (AvgIpc) is 2.70. The summed E-state index contributed by atoms with van der Waals surface area (Å²) < 4.78 is 0. The number of quaternary nitrogens is 1. The molecule has 0 aliphatic rings. The van der Waals surface area contributed by atoms with Gasteiger partial charge in [0, 0.05) is 5.97 Å². The molecule has 0 fully saturated rings. The third-order valence-corrected chi connectivity index (χ3v) is 3.60. The predicted molar refractivity (Wildman–Crippen MR) is 130 cm³/mol. The number of hydrogen-bond donors (Lipinski definition) is 3. The van der Waals surface area contributed by atoms with Gasteiger partial charge in [-0.15, -0.1) is 0 Å². The minimum Gasteiger partial charge on any atom is -0.550 e. The third kappa shape index (κ3) is 35.2. The highest BCUT2D eigenvalue weighted by Gasteiger charge is 1.88. The molecule has 7 nitrogen and oxygen atoms in total. The number of carboxylic acids is 1. The Bertz CT molecular complexity index is 587. The van der Waals surface area contributed by atoms with E-state index in [0.29, 0.717) is 6.42 Å². The molecule has 0 aromatic carbocycles. The van der Waals surface area contributed by atoms with E-state index < -0.39 is 5.97 Å². The normalized spacial score (nSPS) is 11.9. The van der Waals surface area contributed by atoms with Gasteiger partial charge in [0.2, 0.25) is 5.96 Å². The van der Waals surface area contributed by atoms with Crippen LogP contribution in [-0.2, 0) is 4.79 Å². The first kappa shape index (κ1) is 30.6. The van der Waals surface area contributed by atoms with Gasteiger partial charge in [0.15, 0.2) is 6.67 Å². The highest BCUT2D eigenvalue weighted by molar-refractivity contribution is 5.74. The lowest BCUT2D eigenvalue weighted by atomic mass is 10.2. The molecule has 0 unspecified atom stereocenters. The molecule has 6 N–H and O–H groups in total. The molecule has 176 valence electrons. The number of nitrogens with zero attached hydrogens (tertiary/aromatic N) is 2. The molecule has 0 rings (SSSR count). The van der Waals surface area contributed by atoms with Crippen molar-refractivity contribution in [3.63, 3.8) is 0 Å². The molecule has 0 aromatic heterocycles. The molecular weight excluding hydrogens is 390 g/mol. The Balaban J connectivity index is 0. The summed E-state index contributed by atoms with van der Waals surface area (Å²) in [5.41, 5.74) is 11.8. The summed E-state index contributed by atoms with van der Waals surface area (Å²) in [5.74, 6) is -0.857. The molecule has 0 aromatic rings. The topological polar surface area (TPSA) is 124 Å². The summed E-state index contributed by atoms with van der Waals surface area (Å²) in [5, 5.41) is 13.9. The van der Waals surface area contributed by atoms with Gasteiger partial charge >= 0.3 is 0 Å². The van der Waals surface area contributed by atoms with Crippen molar-refractivity contribution in [2.24, 2.45) is 16.6 Å². The zero-order chi connectivity index (χ0) is 23.6. The summed E-state index contributed by atoms with van der Waals surface area (Å²) in [7, 11) is 3.89. The number of guanidine groups is 1. The Kier molecular flexibility index (Phi) is 25.0. The number of nitrogens with two attached hydrogens (primary N) is 3. The van der Waals surface area contributed by atoms with Gasteiger partial charge in [0.05, 0.1) is 0 Å². The molecule has 0 amide bonds. The zero-order valence-corrected chi connectivity index (χ0v) is 19.6. The van der Waals surface area contributed by atoms with E-state index in [9.17, 15) is 9.90 Å². The smallest absolute Gasteiger partial charge is 0.244 e. The number of allylic oxidation sites excluding steroid dienone is 10. The van der Waals surface area contributed by atoms with E-state index in [2.05, 4.69) is 66.7 Å². The summed E-state index contributed by atoms with van der Waals surface area (Å²) in [6, 6.07) is 0. The molecule has 0 aliphatic carbocycles.